The van der Waals surface area contributed by atoms with Gasteiger partial charge in [-0.2, -0.15) is 0 Å². The molecule has 0 radical (unpaired) electrons. The first-order valence-electron chi connectivity index (χ1n) is 4.82. The molecule has 0 bridgehead atoms. The van der Waals surface area contributed by atoms with Crippen molar-refractivity contribution in [2.45, 2.75) is 32.8 Å². The lowest BCUT2D eigenvalue weighted by Gasteiger charge is -2.10. The Hall–Kier alpha value is -0.380. The zero-order valence-electron chi connectivity index (χ0n) is 9.05. The Labute approximate surface area is 99.8 Å². The molecule has 0 aliphatic rings. The third kappa shape index (κ3) is 3.30. The molecule has 1 atom stereocenters. The highest BCUT2D eigenvalue weighted by molar-refractivity contribution is 6.34. The minimum absolute atomic E-state index is 0.0598. The molecular weight excluding hydrogens is 235 g/mol. The molecule has 84 valence electrons. The number of rotatable bonds is 4. The van der Waals surface area contributed by atoms with Gasteiger partial charge in [-0.3, -0.25) is 0 Å². The lowest BCUT2D eigenvalue weighted by atomic mass is 10.2. The van der Waals surface area contributed by atoms with Gasteiger partial charge in [-0.15, -0.1) is 0 Å². The van der Waals surface area contributed by atoms with Crippen molar-refractivity contribution in [3.8, 4) is 0 Å². The van der Waals surface area contributed by atoms with E-state index in [1.165, 1.54) is 0 Å². The van der Waals surface area contributed by atoms with E-state index in [2.05, 4.69) is 9.97 Å². The molecule has 5 heteroatoms. The number of methoxy groups -OCH3 is 1. The normalized spacial score (nSPS) is 12.9. The van der Waals surface area contributed by atoms with Crippen LogP contribution in [0.1, 0.15) is 25.2 Å². The van der Waals surface area contributed by atoms with Crippen LogP contribution >= 0.6 is 23.2 Å². The summed E-state index contributed by atoms with van der Waals surface area (Å²) in [5.41, 5.74) is 0.798. The van der Waals surface area contributed by atoms with E-state index in [1.807, 2.05) is 13.8 Å². The maximum atomic E-state index is 5.99. The van der Waals surface area contributed by atoms with Crippen molar-refractivity contribution in [3.05, 3.63) is 21.7 Å². The molecular formula is C10H14Cl2N2O. The molecule has 0 N–H and O–H groups in total. The molecule has 0 saturated heterocycles. The van der Waals surface area contributed by atoms with E-state index in [4.69, 9.17) is 27.9 Å². The first-order chi connectivity index (χ1) is 7.08. The molecule has 15 heavy (non-hydrogen) atoms. The molecule has 1 aromatic heterocycles. The van der Waals surface area contributed by atoms with Gasteiger partial charge in [-0.25, -0.2) is 9.97 Å². The van der Waals surface area contributed by atoms with Crippen LogP contribution in [0.2, 0.25) is 10.3 Å². The third-order valence-electron chi connectivity index (χ3n) is 2.18. The molecule has 1 unspecified atom stereocenters. The largest absolute Gasteiger partial charge is 0.381 e. The summed E-state index contributed by atoms with van der Waals surface area (Å²) in [6, 6.07) is 0. The van der Waals surface area contributed by atoms with Crippen LogP contribution in [-0.4, -0.2) is 23.2 Å². The second-order valence-electron chi connectivity index (χ2n) is 3.30. The van der Waals surface area contributed by atoms with Gasteiger partial charge in [0.15, 0.2) is 0 Å². The fourth-order valence-electron chi connectivity index (χ4n) is 1.20. The number of ether oxygens (including phenoxy) is 1. The number of nitrogens with zero attached hydrogens (tertiary/aromatic N) is 2. The summed E-state index contributed by atoms with van der Waals surface area (Å²) >= 11 is 12.0. The fraction of sp³-hybridized carbons (Fsp3) is 0.600. The molecule has 0 spiro atoms. The molecule has 0 saturated carbocycles. The van der Waals surface area contributed by atoms with Gasteiger partial charge in [0.25, 0.3) is 0 Å². The summed E-state index contributed by atoms with van der Waals surface area (Å²) in [6.45, 7) is 3.91. The van der Waals surface area contributed by atoms with Crippen molar-refractivity contribution >= 4 is 23.2 Å². The highest BCUT2D eigenvalue weighted by Crippen LogP contribution is 2.22. The van der Waals surface area contributed by atoms with Crippen molar-refractivity contribution in [2.75, 3.05) is 7.11 Å². The van der Waals surface area contributed by atoms with E-state index in [0.29, 0.717) is 22.6 Å². The van der Waals surface area contributed by atoms with Crippen LogP contribution in [-0.2, 0) is 17.6 Å². The van der Waals surface area contributed by atoms with Crippen molar-refractivity contribution < 1.29 is 4.74 Å². The van der Waals surface area contributed by atoms with Crippen LogP contribution < -0.4 is 0 Å². The Morgan fingerprint density at radius 2 is 1.80 bits per heavy atom. The van der Waals surface area contributed by atoms with Crippen LogP contribution in [0.15, 0.2) is 0 Å². The Kier molecular flexibility index (Phi) is 4.77. The van der Waals surface area contributed by atoms with Gasteiger partial charge in [-0.05, 0) is 13.3 Å². The molecule has 1 rings (SSSR count). The van der Waals surface area contributed by atoms with Gasteiger partial charge < -0.3 is 4.74 Å². The van der Waals surface area contributed by atoms with Crippen LogP contribution in [0, 0.1) is 0 Å². The topological polar surface area (TPSA) is 35.0 Å². The van der Waals surface area contributed by atoms with Crippen LogP contribution in [0.25, 0.3) is 0 Å². The molecule has 1 heterocycles. The van der Waals surface area contributed by atoms with E-state index >= 15 is 0 Å². The van der Waals surface area contributed by atoms with Gasteiger partial charge in [0.1, 0.15) is 16.1 Å². The summed E-state index contributed by atoms with van der Waals surface area (Å²) < 4.78 is 5.12. The summed E-state index contributed by atoms with van der Waals surface area (Å²) in [5.74, 6) is 0.622. The van der Waals surface area contributed by atoms with Crippen molar-refractivity contribution in [1.29, 1.82) is 0 Å². The smallest absolute Gasteiger partial charge is 0.137 e. The number of halogens is 2. The highest BCUT2D eigenvalue weighted by atomic mass is 35.5. The van der Waals surface area contributed by atoms with Gasteiger partial charge in [0.05, 0.1) is 6.10 Å². The third-order valence-corrected chi connectivity index (χ3v) is 2.80. The summed E-state index contributed by atoms with van der Waals surface area (Å²) in [7, 11) is 1.65. The number of hydrogen-bond donors (Lipinski definition) is 0. The lowest BCUT2D eigenvalue weighted by molar-refractivity contribution is 0.117. The second-order valence-corrected chi connectivity index (χ2v) is 4.02. The number of aromatic nitrogens is 2. The number of hydrogen-bond acceptors (Lipinski definition) is 3. The average Bonchev–Trinajstić information content (AvgIpc) is 2.17. The monoisotopic (exact) mass is 248 g/mol. The van der Waals surface area contributed by atoms with Crippen LogP contribution in [0.4, 0.5) is 0 Å². The average molecular weight is 249 g/mol. The van der Waals surface area contributed by atoms with Gasteiger partial charge in [0, 0.05) is 19.1 Å². The minimum atomic E-state index is 0.0598. The molecule has 1 aromatic rings. The molecule has 3 nitrogen and oxygen atoms in total. The second kappa shape index (κ2) is 5.64. The minimum Gasteiger partial charge on any atom is -0.381 e. The predicted molar refractivity (Wildman–Crippen MR) is 61.6 cm³/mol. The lowest BCUT2D eigenvalue weighted by Crippen LogP contribution is -2.12. The van der Waals surface area contributed by atoms with Crippen LogP contribution in [0.5, 0.6) is 0 Å². The maximum absolute atomic E-state index is 5.99. The molecule has 0 aliphatic heterocycles. The van der Waals surface area contributed by atoms with E-state index in [9.17, 15) is 0 Å². The first-order valence-corrected chi connectivity index (χ1v) is 5.57. The van der Waals surface area contributed by atoms with Crippen molar-refractivity contribution in [1.82, 2.24) is 9.97 Å². The zero-order valence-corrected chi connectivity index (χ0v) is 10.6. The Bertz CT molecular complexity index is 321. The van der Waals surface area contributed by atoms with Gasteiger partial charge in [0.2, 0.25) is 0 Å². The summed E-state index contributed by atoms with van der Waals surface area (Å²) in [5, 5.41) is 0.881. The predicted octanol–water partition coefficient (Wildman–Crippen LogP) is 2.92. The van der Waals surface area contributed by atoms with Crippen molar-refractivity contribution in [2.24, 2.45) is 0 Å². The quantitative estimate of drug-likeness (QED) is 0.769. The Morgan fingerprint density at radius 1 is 1.27 bits per heavy atom. The van der Waals surface area contributed by atoms with Gasteiger partial charge in [-0.1, -0.05) is 30.1 Å². The van der Waals surface area contributed by atoms with Crippen LogP contribution in [0.3, 0.4) is 0 Å². The SMILES string of the molecule is CCc1c(Cl)nc(CC(C)OC)nc1Cl. The van der Waals surface area contributed by atoms with E-state index in [1.54, 1.807) is 7.11 Å². The van der Waals surface area contributed by atoms with E-state index in [0.717, 1.165) is 12.0 Å². The molecule has 0 amide bonds. The van der Waals surface area contributed by atoms with Crippen molar-refractivity contribution in [3.63, 3.8) is 0 Å². The standard InChI is InChI=1S/C10H14Cl2N2O/c1-4-7-9(11)13-8(14-10(7)12)5-6(2)15-3/h6H,4-5H2,1-3H3. The Morgan fingerprint density at radius 3 is 2.20 bits per heavy atom. The highest BCUT2D eigenvalue weighted by Gasteiger charge is 2.11. The van der Waals surface area contributed by atoms with Gasteiger partial charge >= 0.3 is 0 Å². The summed E-state index contributed by atoms with van der Waals surface area (Å²) in [4.78, 5) is 8.37. The van der Waals surface area contributed by atoms with E-state index < -0.39 is 0 Å². The zero-order chi connectivity index (χ0) is 11.4. The Balaban J connectivity index is 2.93. The molecule has 0 fully saturated rings. The van der Waals surface area contributed by atoms with E-state index in [-0.39, 0.29) is 6.10 Å². The summed E-state index contributed by atoms with van der Waals surface area (Å²) in [6.07, 6.45) is 1.40. The first kappa shape index (κ1) is 12.7. The molecule has 0 aromatic carbocycles. The molecule has 0 aliphatic carbocycles. The maximum Gasteiger partial charge on any atom is 0.137 e. The fourth-order valence-corrected chi connectivity index (χ4v) is 1.88.